The maximum atomic E-state index is 12.6. The molecule has 1 fully saturated rings. The second-order valence-electron chi connectivity index (χ2n) is 8.28. The van der Waals surface area contributed by atoms with Gasteiger partial charge in [0.2, 0.25) is 0 Å². The first-order valence-electron chi connectivity index (χ1n) is 11.0. The van der Waals surface area contributed by atoms with Gasteiger partial charge in [-0.15, -0.1) is 0 Å². The van der Waals surface area contributed by atoms with Gasteiger partial charge in [-0.25, -0.2) is 4.99 Å². The number of nitrogens with zero attached hydrogens (tertiary/aromatic N) is 4. The highest BCUT2D eigenvalue weighted by Gasteiger charge is 2.25. The number of aromatic nitrogens is 2. The van der Waals surface area contributed by atoms with Crippen molar-refractivity contribution in [2.45, 2.75) is 45.3 Å². The molecule has 1 atom stereocenters. The molecule has 1 aliphatic heterocycles. The SMILES string of the molecule is CCNC(=NCc1ccc(C(=O)N2CCCCC2)cc1)NCC(C)(O)c1cnn(C)c1. The molecule has 0 bridgehead atoms. The molecule has 2 heterocycles. The smallest absolute Gasteiger partial charge is 0.253 e. The van der Waals surface area contributed by atoms with Crippen molar-refractivity contribution in [3.8, 4) is 0 Å². The molecule has 1 aliphatic rings. The number of hydrogen-bond acceptors (Lipinski definition) is 4. The van der Waals surface area contributed by atoms with Crippen LogP contribution in [0.2, 0.25) is 0 Å². The molecule has 0 aliphatic carbocycles. The van der Waals surface area contributed by atoms with Gasteiger partial charge >= 0.3 is 0 Å². The molecule has 1 saturated heterocycles. The summed E-state index contributed by atoms with van der Waals surface area (Å²) in [5.74, 6) is 0.738. The maximum absolute atomic E-state index is 12.6. The number of guanidine groups is 1. The van der Waals surface area contributed by atoms with Gasteiger partial charge in [0, 0.05) is 44.0 Å². The van der Waals surface area contributed by atoms with Crippen LogP contribution in [0.4, 0.5) is 0 Å². The molecule has 1 amide bonds. The first kappa shape index (κ1) is 22.8. The Morgan fingerprint density at radius 2 is 1.90 bits per heavy atom. The zero-order chi connectivity index (χ0) is 22.3. The second-order valence-corrected chi connectivity index (χ2v) is 8.28. The number of hydrogen-bond donors (Lipinski definition) is 3. The number of carbonyl (C=O) groups is 1. The highest BCUT2D eigenvalue weighted by molar-refractivity contribution is 5.94. The molecule has 8 heteroatoms. The summed E-state index contributed by atoms with van der Waals surface area (Å²) >= 11 is 0. The van der Waals surface area contributed by atoms with Gasteiger partial charge < -0.3 is 20.6 Å². The molecule has 0 saturated carbocycles. The lowest BCUT2D eigenvalue weighted by molar-refractivity contribution is 0.0616. The Hall–Kier alpha value is -2.87. The molecule has 1 unspecified atom stereocenters. The lowest BCUT2D eigenvalue weighted by Crippen LogP contribution is -2.44. The van der Waals surface area contributed by atoms with Gasteiger partial charge in [0.05, 0.1) is 19.3 Å². The molecule has 1 aromatic heterocycles. The van der Waals surface area contributed by atoms with Gasteiger partial charge in [-0.1, -0.05) is 12.1 Å². The van der Waals surface area contributed by atoms with E-state index in [1.54, 1.807) is 24.0 Å². The van der Waals surface area contributed by atoms with E-state index in [1.807, 2.05) is 43.1 Å². The predicted molar refractivity (Wildman–Crippen MR) is 122 cm³/mol. The molecular weight excluding hydrogens is 392 g/mol. The van der Waals surface area contributed by atoms with Crippen LogP contribution in [0.5, 0.6) is 0 Å². The van der Waals surface area contributed by atoms with E-state index in [4.69, 9.17) is 0 Å². The normalized spacial score (nSPS) is 16.6. The number of rotatable bonds is 7. The molecule has 1 aromatic carbocycles. The van der Waals surface area contributed by atoms with Crippen molar-refractivity contribution in [3.05, 3.63) is 53.3 Å². The van der Waals surface area contributed by atoms with E-state index in [2.05, 4.69) is 20.7 Å². The molecule has 168 valence electrons. The number of nitrogens with one attached hydrogen (secondary N) is 2. The van der Waals surface area contributed by atoms with Crippen LogP contribution in [-0.2, 0) is 19.2 Å². The highest BCUT2D eigenvalue weighted by Crippen LogP contribution is 2.18. The number of aliphatic imine (C=N–C) groups is 1. The van der Waals surface area contributed by atoms with Gasteiger partial charge in [0.15, 0.2) is 5.96 Å². The van der Waals surface area contributed by atoms with Crippen LogP contribution in [0.25, 0.3) is 0 Å². The summed E-state index contributed by atoms with van der Waals surface area (Å²) in [6.45, 7) is 6.94. The van der Waals surface area contributed by atoms with Crippen LogP contribution in [-0.4, -0.2) is 57.8 Å². The lowest BCUT2D eigenvalue weighted by atomic mass is 10.00. The topological polar surface area (TPSA) is 94.8 Å². The zero-order valence-corrected chi connectivity index (χ0v) is 18.8. The van der Waals surface area contributed by atoms with Gasteiger partial charge in [0.25, 0.3) is 5.91 Å². The monoisotopic (exact) mass is 426 g/mol. The van der Waals surface area contributed by atoms with Crippen molar-refractivity contribution in [1.82, 2.24) is 25.3 Å². The Morgan fingerprint density at radius 3 is 2.52 bits per heavy atom. The van der Waals surface area contributed by atoms with E-state index in [0.29, 0.717) is 25.6 Å². The van der Waals surface area contributed by atoms with Crippen LogP contribution in [0.3, 0.4) is 0 Å². The summed E-state index contributed by atoms with van der Waals surface area (Å²) < 4.78 is 1.67. The standard InChI is InChI=1S/C23H34N6O2/c1-4-24-22(26-17-23(2,31)20-15-27-28(3)16-20)25-14-18-8-10-19(11-9-18)21(30)29-12-6-5-7-13-29/h8-11,15-16,31H,4-7,12-14,17H2,1-3H3,(H2,24,25,26). The fraction of sp³-hybridized carbons (Fsp3) is 0.522. The van der Waals surface area contributed by atoms with E-state index in [-0.39, 0.29) is 5.91 Å². The number of aliphatic hydroxyl groups is 1. The average Bonchev–Trinajstić information content (AvgIpc) is 3.23. The number of carbonyl (C=O) groups excluding carboxylic acids is 1. The van der Waals surface area contributed by atoms with Crippen molar-refractivity contribution >= 4 is 11.9 Å². The minimum absolute atomic E-state index is 0.113. The van der Waals surface area contributed by atoms with Crippen molar-refractivity contribution in [2.75, 3.05) is 26.2 Å². The Kier molecular flexibility index (Phi) is 7.68. The van der Waals surface area contributed by atoms with E-state index in [9.17, 15) is 9.90 Å². The molecule has 2 aromatic rings. The Bertz CT molecular complexity index is 882. The Labute approximate surface area is 184 Å². The summed E-state index contributed by atoms with van der Waals surface area (Å²) in [6.07, 6.45) is 6.86. The van der Waals surface area contributed by atoms with Crippen LogP contribution in [0.15, 0.2) is 41.7 Å². The van der Waals surface area contributed by atoms with Crippen LogP contribution in [0.1, 0.15) is 54.6 Å². The molecule has 31 heavy (non-hydrogen) atoms. The van der Waals surface area contributed by atoms with Gasteiger partial charge in [-0.2, -0.15) is 5.10 Å². The van der Waals surface area contributed by atoms with Gasteiger partial charge in [0.1, 0.15) is 5.60 Å². The summed E-state index contributed by atoms with van der Waals surface area (Å²) in [7, 11) is 1.82. The van der Waals surface area contributed by atoms with Crippen molar-refractivity contribution in [3.63, 3.8) is 0 Å². The molecule has 3 rings (SSSR count). The molecule has 8 nitrogen and oxygen atoms in total. The highest BCUT2D eigenvalue weighted by atomic mass is 16.3. The van der Waals surface area contributed by atoms with Gasteiger partial charge in [-0.3, -0.25) is 9.48 Å². The maximum Gasteiger partial charge on any atom is 0.253 e. The van der Waals surface area contributed by atoms with Crippen molar-refractivity contribution in [2.24, 2.45) is 12.0 Å². The zero-order valence-electron chi connectivity index (χ0n) is 18.8. The van der Waals surface area contributed by atoms with Crippen LogP contribution in [0, 0.1) is 0 Å². The quantitative estimate of drug-likeness (QED) is 0.465. The number of benzene rings is 1. The van der Waals surface area contributed by atoms with E-state index in [1.165, 1.54) is 6.42 Å². The second kappa shape index (κ2) is 10.4. The molecule has 0 radical (unpaired) electrons. The van der Waals surface area contributed by atoms with E-state index < -0.39 is 5.60 Å². The fourth-order valence-electron chi connectivity index (χ4n) is 3.60. The molecule has 0 spiro atoms. The predicted octanol–water partition coefficient (Wildman–Crippen LogP) is 2.01. The summed E-state index contributed by atoms with van der Waals surface area (Å²) in [5.41, 5.74) is 1.42. The summed E-state index contributed by atoms with van der Waals surface area (Å²) in [4.78, 5) is 19.2. The Balaban J connectivity index is 1.58. The number of piperidine rings is 1. The largest absolute Gasteiger partial charge is 0.383 e. The van der Waals surface area contributed by atoms with Crippen LogP contribution >= 0.6 is 0 Å². The van der Waals surface area contributed by atoms with Crippen LogP contribution < -0.4 is 10.6 Å². The average molecular weight is 427 g/mol. The number of amides is 1. The number of aryl methyl sites for hydroxylation is 1. The first-order valence-corrected chi connectivity index (χ1v) is 11.0. The fourth-order valence-corrected chi connectivity index (χ4v) is 3.60. The minimum atomic E-state index is -1.07. The third kappa shape index (κ3) is 6.30. The summed E-state index contributed by atoms with van der Waals surface area (Å²) in [6, 6.07) is 7.68. The third-order valence-electron chi connectivity index (χ3n) is 5.53. The summed E-state index contributed by atoms with van der Waals surface area (Å²) in [5, 5.41) is 21.3. The molecular formula is C23H34N6O2. The minimum Gasteiger partial charge on any atom is -0.383 e. The third-order valence-corrected chi connectivity index (χ3v) is 5.53. The van der Waals surface area contributed by atoms with Crippen molar-refractivity contribution in [1.29, 1.82) is 0 Å². The Morgan fingerprint density at radius 1 is 1.19 bits per heavy atom. The van der Waals surface area contributed by atoms with E-state index in [0.717, 1.165) is 42.6 Å². The van der Waals surface area contributed by atoms with E-state index >= 15 is 0 Å². The van der Waals surface area contributed by atoms with Crippen molar-refractivity contribution < 1.29 is 9.90 Å². The number of likely N-dealkylation sites (tertiary alicyclic amines) is 1. The molecule has 3 N–H and O–H groups in total. The first-order chi connectivity index (χ1) is 14.9. The lowest BCUT2D eigenvalue weighted by Gasteiger charge is -2.26. The van der Waals surface area contributed by atoms with Gasteiger partial charge in [-0.05, 0) is 50.8 Å².